The Bertz CT molecular complexity index is 613. The fourth-order valence-electron chi connectivity index (χ4n) is 2.15. The van der Waals surface area contributed by atoms with Gasteiger partial charge in [0.1, 0.15) is 11.6 Å². The lowest BCUT2D eigenvalue weighted by Gasteiger charge is -2.26. The van der Waals surface area contributed by atoms with Crippen molar-refractivity contribution in [3.05, 3.63) is 64.4 Å². The van der Waals surface area contributed by atoms with Crippen LogP contribution in [0.15, 0.2) is 42.5 Å². The number of hydrogen-bond donors (Lipinski definition) is 1. The molecule has 2 aromatic rings. The third-order valence-electron chi connectivity index (χ3n) is 3.33. The average molecular weight is 294 g/mol. The zero-order valence-electron chi connectivity index (χ0n) is 11.5. The van der Waals surface area contributed by atoms with E-state index in [-0.39, 0.29) is 5.82 Å². The molecule has 0 saturated carbocycles. The van der Waals surface area contributed by atoms with Gasteiger partial charge in [-0.3, -0.25) is 0 Å². The highest BCUT2D eigenvalue weighted by molar-refractivity contribution is 6.32. The van der Waals surface area contributed by atoms with Crippen molar-refractivity contribution in [1.29, 1.82) is 0 Å². The third-order valence-corrected chi connectivity index (χ3v) is 3.64. The number of methoxy groups -OCH3 is 1. The SMILES string of the molecule is COc1cc(C(C)(N)Cc2ccccc2F)ccc1Cl. The summed E-state index contributed by atoms with van der Waals surface area (Å²) in [5, 5.41) is 0.526. The van der Waals surface area contributed by atoms with E-state index in [4.69, 9.17) is 22.1 Å². The molecule has 2 nitrogen and oxygen atoms in total. The number of nitrogens with two attached hydrogens (primary N) is 1. The van der Waals surface area contributed by atoms with E-state index in [1.807, 2.05) is 13.0 Å². The summed E-state index contributed by atoms with van der Waals surface area (Å²) >= 11 is 6.01. The molecule has 0 radical (unpaired) electrons. The molecule has 0 fully saturated rings. The Morgan fingerprint density at radius 1 is 1.25 bits per heavy atom. The zero-order valence-corrected chi connectivity index (χ0v) is 12.2. The summed E-state index contributed by atoms with van der Waals surface area (Å²) in [4.78, 5) is 0. The monoisotopic (exact) mass is 293 g/mol. The van der Waals surface area contributed by atoms with E-state index in [0.29, 0.717) is 22.8 Å². The van der Waals surface area contributed by atoms with Crippen LogP contribution in [-0.2, 0) is 12.0 Å². The van der Waals surface area contributed by atoms with Gasteiger partial charge < -0.3 is 10.5 Å². The van der Waals surface area contributed by atoms with E-state index in [1.54, 1.807) is 37.4 Å². The maximum Gasteiger partial charge on any atom is 0.137 e. The first-order chi connectivity index (χ1) is 9.44. The number of hydrogen-bond acceptors (Lipinski definition) is 2. The van der Waals surface area contributed by atoms with Crippen molar-refractivity contribution in [2.45, 2.75) is 18.9 Å². The summed E-state index contributed by atoms with van der Waals surface area (Å²) < 4.78 is 18.9. The Kier molecular flexibility index (Phi) is 4.31. The number of benzene rings is 2. The Labute approximate surface area is 123 Å². The highest BCUT2D eigenvalue weighted by Crippen LogP contribution is 2.31. The van der Waals surface area contributed by atoms with E-state index < -0.39 is 5.54 Å². The van der Waals surface area contributed by atoms with Gasteiger partial charge >= 0.3 is 0 Å². The molecule has 0 bridgehead atoms. The van der Waals surface area contributed by atoms with Crippen LogP contribution in [0.25, 0.3) is 0 Å². The average Bonchev–Trinajstić information content (AvgIpc) is 2.41. The Morgan fingerprint density at radius 2 is 1.95 bits per heavy atom. The number of ether oxygens (including phenoxy) is 1. The van der Waals surface area contributed by atoms with Crippen molar-refractivity contribution >= 4 is 11.6 Å². The molecular weight excluding hydrogens is 277 g/mol. The molecule has 1 unspecified atom stereocenters. The van der Waals surface area contributed by atoms with Crippen LogP contribution >= 0.6 is 11.6 Å². The highest BCUT2D eigenvalue weighted by atomic mass is 35.5. The van der Waals surface area contributed by atoms with Crippen molar-refractivity contribution in [2.24, 2.45) is 5.73 Å². The summed E-state index contributed by atoms with van der Waals surface area (Å²) in [7, 11) is 1.55. The van der Waals surface area contributed by atoms with Gasteiger partial charge in [-0.2, -0.15) is 0 Å². The lowest BCUT2D eigenvalue weighted by molar-refractivity contribution is 0.410. The summed E-state index contributed by atoms with van der Waals surface area (Å²) in [5.41, 5.74) is 7.08. The summed E-state index contributed by atoms with van der Waals surface area (Å²) in [6.45, 7) is 1.86. The molecule has 0 aromatic heterocycles. The van der Waals surface area contributed by atoms with Crippen molar-refractivity contribution in [3.63, 3.8) is 0 Å². The molecule has 2 N–H and O–H groups in total. The van der Waals surface area contributed by atoms with Gasteiger partial charge in [0.25, 0.3) is 0 Å². The molecule has 20 heavy (non-hydrogen) atoms. The molecule has 1 atom stereocenters. The molecule has 0 aliphatic rings. The standard InChI is InChI=1S/C16H17ClFNO/c1-16(19,10-11-5-3-4-6-14(11)18)12-7-8-13(17)15(9-12)20-2/h3-9H,10,19H2,1-2H3. The van der Waals surface area contributed by atoms with Crippen LogP contribution in [0.3, 0.4) is 0 Å². The van der Waals surface area contributed by atoms with Gasteiger partial charge in [0.15, 0.2) is 0 Å². The molecule has 4 heteroatoms. The van der Waals surface area contributed by atoms with Gasteiger partial charge in [-0.05, 0) is 42.7 Å². The molecule has 0 aliphatic carbocycles. The van der Waals surface area contributed by atoms with Crippen LogP contribution < -0.4 is 10.5 Å². The fraction of sp³-hybridized carbons (Fsp3) is 0.250. The van der Waals surface area contributed by atoms with Gasteiger partial charge in [-0.15, -0.1) is 0 Å². The van der Waals surface area contributed by atoms with E-state index in [1.165, 1.54) is 6.07 Å². The quantitative estimate of drug-likeness (QED) is 0.928. The molecule has 0 saturated heterocycles. The lowest BCUT2D eigenvalue weighted by atomic mass is 9.86. The maximum absolute atomic E-state index is 13.7. The number of rotatable bonds is 4. The second-order valence-corrected chi connectivity index (χ2v) is 5.44. The fourth-order valence-corrected chi connectivity index (χ4v) is 2.35. The van der Waals surface area contributed by atoms with Crippen molar-refractivity contribution in [1.82, 2.24) is 0 Å². The predicted octanol–water partition coefficient (Wildman–Crippen LogP) is 3.90. The largest absolute Gasteiger partial charge is 0.495 e. The topological polar surface area (TPSA) is 35.2 Å². The molecule has 2 rings (SSSR count). The van der Waals surface area contributed by atoms with Crippen LogP contribution in [0.2, 0.25) is 5.02 Å². The first-order valence-corrected chi connectivity index (χ1v) is 6.68. The Hall–Kier alpha value is -1.58. The molecule has 0 heterocycles. The van der Waals surface area contributed by atoms with Gasteiger partial charge in [-0.25, -0.2) is 4.39 Å². The first-order valence-electron chi connectivity index (χ1n) is 6.30. The molecular formula is C16H17ClFNO. The summed E-state index contributed by atoms with van der Waals surface area (Å²) in [5.74, 6) is 0.319. The zero-order chi connectivity index (χ0) is 14.8. The lowest BCUT2D eigenvalue weighted by Crippen LogP contribution is -2.35. The molecule has 0 amide bonds. The molecule has 0 spiro atoms. The van der Waals surface area contributed by atoms with Crippen molar-refractivity contribution < 1.29 is 9.13 Å². The van der Waals surface area contributed by atoms with E-state index in [0.717, 1.165) is 5.56 Å². The number of halogens is 2. The van der Waals surface area contributed by atoms with Crippen molar-refractivity contribution in [2.75, 3.05) is 7.11 Å². The minimum absolute atomic E-state index is 0.245. The smallest absolute Gasteiger partial charge is 0.137 e. The van der Waals surface area contributed by atoms with Crippen LogP contribution in [0, 0.1) is 5.82 Å². The Morgan fingerprint density at radius 3 is 2.60 bits per heavy atom. The van der Waals surface area contributed by atoms with Gasteiger partial charge in [0.2, 0.25) is 0 Å². The normalized spacial score (nSPS) is 13.8. The van der Waals surface area contributed by atoms with Gasteiger partial charge in [0, 0.05) is 5.54 Å². The maximum atomic E-state index is 13.7. The second kappa shape index (κ2) is 5.81. The minimum atomic E-state index is -0.708. The molecule has 106 valence electrons. The second-order valence-electron chi connectivity index (χ2n) is 5.03. The van der Waals surface area contributed by atoms with Gasteiger partial charge in [-0.1, -0.05) is 35.9 Å². The first kappa shape index (κ1) is 14.8. The van der Waals surface area contributed by atoms with E-state index >= 15 is 0 Å². The highest BCUT2D eigenvalue weighted by Gasteiger charge is 2.24. The Balaban J connectivity index is 2.33. The van der Waals surface area contributed by atoms with Crippen LogP contribution in [0.5, 0.6) is 5.75 Å². The predicted molar refractivity (Wildman–Crippen MR) is 79.6 cm³/mol. The van der Waals surface area contributed by atoms with E-state index in [2.05, 4.69) is 0 Å². The van der Waals surface area contributed by atoms with Crippen molar-refractivity contribution in [3.8, 4) is 5.75 Å². The van der Waals surface area contributed by atoms with Crippen LogP contribution in [-0.4, -0.2) is 7.11 Å². The minimum Gasteiger partial charge on any atom is -0.495 e. The summed E-state index contributed by atoms with van der Waals surface area (Å²) in [6.07, 6.45) is 0.393. The molecule has 2 aromatic carbocycles. The van der Waals surface area contributed by atoms with Gasteiger partial charge in [0.05, 0.1) is 12.1 Å². The van der Waals surface area contributed by atoms with Crippen LogP contribution in [0.4, 0.5) is 4.39 Å². The summed E-state index contributed by atoms with van der Waals surface area (Å²) in [6, 6.07) is 12.0. The van der Waals surface area contributed by atoms with E-state index in [9.17, 15) is 4.39 Å². The third kappa shape index (κ3) is 3.11. The van der Waals surface area contributed by atoms with Crippen LogP contribution in [0.1, 0.15) is 18.1 Å². The molecule has 0 aliphatic heterocycles.